The van der Waals surface area contributed by atoms with E-state index in [0.29, 0.717) is 12.1 Å². The number of ether oxygens (including phenoxy) is 1. The van der Waals surface area contributed by atoms with E-state index in [0.717, 1.165) is 4.90 Å². The smallest absolute Gasteiger partial charge is 0.324 e. The molecule has 0 radical (unpaired) electrons. The number of hydrogen-bond donors (Lipinski definition) is 2. The first kappa shape index (κ1) is 14.8. The summed E-state index contributed by atoms with van der Waals surface area (Å²) in [5.74, 6) is -0.999. The van der Waals surface area contributed by atoms with Crippen LogP contribution in [0.15, 0.2) is 24.3 Å². The summed E-state index contributed by atoms with van der Waals surface area (Å²) in [6.07, 6.45) is -1.03. The van der Waals surface area contributed by atoms with Crippen LogP contribution in [0.4, 0.5) is 4.79 Å². The predicted octanol–water partition coefficient (Wildman–Crippen LogP) is 0.418. The Morgan fingerprint density at radius 1 is 1.38 bits per heavy atom. The van der Waals surface area contributed by atoms with Crippen LogP contribution in [0.25, 0.3) is 0 Å². The van der Waals surface area contributed by atoms with Crippen molar-refractivity contribution < 1.29 is 24.2 Å². The minimum Gasteiger partial charge on any atom is -0.508 e. The summed E-state index contributed by atoms with van der Waals surface area (Å²) >= 11 is 0. The molecule has 0 aliphatic carbocycles. The molecule has 1 fully saturated rings. The van der Waals surface area contributed by atoms with Gasteiger partial charge < -0.3 is 15.2 Å². The molecule has 3 amide bonds. The standard InChI is InChI=1S/C14H16N2O5/c1-9(13(19)16-7-6-15-14(16)20)21-12(18)8-10-2-4-11(17)5-3-10/h2-5,9,17H,6-8H2,1H3,(H,15,20)/t9-/m1/s1. The van der Waals surface area contributed by atoms with Gasteiger partial charge in [0.05, 0.1) is 6.42 Å². The maximum absolute atomic E-state index is 11.9. The lowest BCUT2D eigenvalue weighted by Gasteiger charge is -2.18. The van der Waals surface area contributed by atoms with Crippen molar-refractivity contribution in [3.63, 3.8) is 0 Å². The highest BCUT2D eigenvalue weighted by Crippen LogP contribution is 2.11. The van der Waals surface area contributed by atoms with E-state index in [1.165, 1.54) is 19.1 Å². The summed E-state index contributed by atoms with van der Waals surface area (Å²) in [7, 11) is 0. The molecule has 112 valence electrons. The summed E-state index contributed by atoms with van der Waals surface area (Å²) in [6.45, 7) is 2.11. The summed E-state index contributed by atoms with van der Waals surface area (Å²) in [6, 6.07) is 5.65. The van der Waals surface area contributed by atoms with Crippen LogP contribution in [0.5, 0.6) is 5.75 Å². The average Bonchev–Trinajstić information content (AvgIpc) is 2.86. The average molecular weight is 292 g/mol. The van der Waals surface area contributed by atoms with Crippen molar-refractivity contribution in [2.45, 2.75) is 19.4 Å². The van der Waals surface area contributed by atoms with Crippen LogP contribution in [0.2, 0.25) is 0 Å². The molecule has 0 unspecified atom stereocenters. The van der Waals surface area contributed by atoms with Crippen molar-refractivity contribution in [1.29, 1.82) is 0 Å². The van der Waals surface area contributed by atoms with E-state index in [1.807, 2.05) is 0 Å². The molecule has 0 saturated carbocycles. The molecule has 1 heterocycles. The van der Waals surface area contributed by atoms with E-state index in [2.05, 4.69) is 5.32 Å². The fourth-order valence-electron chi connectivity index (χ4n) is 1.97. The van der Waals surface area contributed by atoms with Crippen LogP contribution in [-0.4, -0.2) is 47.1 Å². The fourth-order valence-corrected chi connectivity index (χ4v) is 1.97. The summed E-state index contributed by atoms with van der Waals surface area (Å²) < 4.78 is 5.03. The zero-order valence-corrected chi connectivity index (χ0v) is 11.5. The van der Waals surface area contributed by atoms with Gasteiger partial charge in [-0.1, -0.05) is 12.1 Å². The van der Waals surface area contributed by atoms with Crippen molar-refractivity contribution in [1.82, 2.24) is 10.2 Å². The van der Waals surface area contributed by atoms with Gasteiger partial charge >= 0.3 is 12.0 Å². The van der Waals surface area contributed by atoms with E-state index < -0.39 is 24.0 Å². The molecule has 2 N–H and O–H groups in total. The third kappa shape index (κ3) is 3.71. The first-order valence-electron chi connectivity index (χ1n) is 6.54. The van der Waals surface area contributed by atoms with Crippen LogP contribution in [0.3, 0.4) is 0 Å². The van der Waals surface area contributed by atoms with Crippen LogP contribution in [0.1, 0.15) is 12.5 Å². The third-order valence-electron chi connectivity index (χ3n) is 3.06. The Morgan fingerprint density at radius 3 is 2.62 bits per heavy atom. The third-order valence-corrected chi connectivity index (χ3v) is 3.06. The zero-order chi connectivity index (χ0) is 15.4. The molecule has 2 rings (SSSR count). The van der Waals surface area contributed by atoms with Crippen LogP contribution in [0, 0.1) is 0 Å². The number of nitrogens with one attached hydrogen (secondary N) is 1. The quantitative estimate of drug-likeness (QED) is 0.784. The minimum atomic E-state index is -1.02. The maximum atomic E-state index is 11.9. The molecule has 1 aliphatic heterocycles. The van der Waals surface area contributed by atoms with Crippen molar-refractivity contribution in [2.75, 3.05) is 13.1 Å². The van der Waals surface area contributed by atoms with Gasteiger partial charge in [0.25, 0.3) is 5.91 Å². The number of amides is 3. The van der Waals surface area contributed by atoms with Gasteiger partial charge in [-0.3, -0.25) is 14.5 Å². The molecule has 0 spiro atoms. The van der Waals surface area contributed by atoms with Gasteiger partial charge in [-0.25, -0.2) is 4.79 Å². The molecule has 21 heavy (non-hydrogen) atoms. The molecule has 1 aromatic carbocycles. The number of rotatable bonds is 4. The van der Waals surface area contributed by atoms with Gasteiger partial charge in [0.15, 0.2) is 6.10 Å². The number of carbonyl (C=O) groups is 3. The normalized spacial score (nSPS) is 15.5. The topological polar surface area (TPSA) is 95.9 Å². The SMILES string of the molecule is C[C@@H](OC(=O)Cc1ccc(O)cc1)C(=O)N1CCNC1=O. The number of imide groups is 1. The minimum absolute atomic E-state index is 0.00982. The second-order valence-electron chi connectivity index (χ2n) is 4.70. The molecular formula is C14H16N2O5. The Bertz CT molecular complexity index is 555. The molecule has 1 atom stereocenters. The number of urea groups is 1. The number of phenolic OH excluding ortho intramolecular Hbond substituents is 1. The second kappa shape index (κ2) is 6.25. The molecule has 0 bridgehead atoms. The van der Waals surface area contributed by atoms with Crippen molar-refractivity contribution in [3.8, 4) is 5.75 Å². The number of carbonyl (C=O) groups excluding carboxylic acids is 3. The summed E-state index contributed by atoms with van der Waals surface area (Å²) in [5.41, 5.74) is 0.663. The Hall–Kier alpha value is -2.57. The lowest BCUT2D eigenvalue weighted by Crippen LogP contribution is -2.42. The highest BCUT2D eigenvalue weighted by Gasteiger charge is 2.31. The Kier molecular flexibility index (Phi) is 4.42. The Labute approximate surface area is 121 Å². The summed E-state index contributed by atoms with van der Waals surface area (Å²) in [4.78, 5) is 36.1. The van der Waals surface area contributed by atoms with E-state index >= 15 is 0 Å². The van der Waals surface area contributed by atoms with Gasteiger partial charge in [-0.2, -0.15) is 0 Å². The molecule has 1 aliphatic rings. The van der Waals surface area contributed by atoms with E-state index in [-0.39, 0.29) is 18.7 Å². The van der Waals surface area contributed by atoms with Crippen molar-refractivity contribution in [2.24, 2.45) is 0 Å². The highest BCUT2D eigenvalue weighted by atomic mass is 16.5. The first-order valence-corrected chi connectivity index (χ1v) is 6.54. The number of hydrogen-bond acceptors (Lipinski definition) is 5. The fraction of sp³-hybridized carbons (Fsp3) is 0.357. The number of benzene rings is 1. The second-order valence-corrected chi connectivity index (χ2v) is 4.70. The molecule has 7 heteroatoms. The number of nitrogens with zero attached hydrogens (tertiary/aromatic N) is 1. The number of phenols is 1. The van der Waals surface area contributed by atoms with Crippen LogP contribution < -0.4 is 5.32 Å². The lowest BCUT2D eigenvalue weighted by atomic mass is 10.1. The molecule has 0 aromatic heterocycles. The Morgan fingerprint density at radius 2 is 2.05 bits per heavy atom. The zero-order valence-electron chi connectivity index (χ0n) is 11.5. The highest BCUT2D eigenvalue weighted by molar-refractivity contribution is 5.98. The van der Waals surface area contributed by atoms with Gasteiger partial charge in [0.1, 0.15) is 5.75 Å². The number of esters is 1. The molecule has 1 aromatic rings. The number of aromatic hydroxyl groups is 1. The van der Waals surface area contributed by atoms with Gasteiger partial charge in [0, 0.05) is 13.1 Å². The van der Waals surface area contributed by atoms with Gasteiger partial charge in [-0.15, -0.1) is 0 Å². The van der Waals surface area contributed by atoms with Gasteiger partial charge in [0.2, 0.25) is 0 Å². The van der Waals surface area contributed by atoms with Gasteiger partial charge in [-0.05, 0) is 24.6 Å². The molecular weight excluding hydrogens is 276 g/mol. The van der Waals surface area contributed by atoms with Crippen LogP contribution >= 0.6 is 0 Å². The first-order chi connectivity index (χ1) is 9.97. The monoisotopic (exact) mass is 292 g/mol. The van der Waals surface area contributed by atoms with Crippen LogP contribution in [-0.2, 0) is 20.7 Å². The molecule has 1 saturated heterocycles. The largest absolute Gasteiger partial charge is 0.508 e. The van der Waals surface area contributed by atoms with E-state index in [9.17, 15) is 14.4 Å². The van der Waals surface area contributed by atoms with E-state index in [1.54, 1.807) is 12.1 Å². The van der Waals surface area contributed by atoms with Crippen molar-refractivity contribution >= 4 is 17.9 Å². The van der Waals surface area contributed by atoms with E-state index in [4.69, 9.17) is 9.84 Å². The maximum Gasteiger partial charge on any atom is 0.324 e. The van der Waals surface area contributed by atoms with Crippen molar-refractivity contribution in [3.05, 3.63) is 29.8 Å². The summed E-state index contributed by atoms with van der Waals surface area (Å²) in [5, 5.41) is 11.7. The Balaban J connectivity index is 1.88. The predicted molar refractivity (Wildman–Crippen MR) is 72.5 cm³/mol. The molecule has 7 nitrogen and oxygen atoms in total. The lowest BCUT2D eigenvalue weighted by molar-refractivity contribution is -0.156.